The normalized spacial score (nSPS) is 28.2. The smallest absolute Gasteiger partial charge is 0.269 e. The Morgan fingerprint density at radius 3 is 2.82 bits per heavy atom. The molecule has 3 rings (SSSR count). The molecule has 4 nitrogen and oxygen atoms in total. The first-order valence-corrected chi connectivity index (χ1v) is 7.78. The highest BCUT2D eigenvalue weighted by molar-refractivity contribution is 6.05. The van der Waals surface area contributed by atoms with E-state index in [4.69, 9.17) is 4.84 Å². The van der Waals surface area contributed by atoms with Crippen LogP contribution in [0.15, 0.2) is 29.4 Å². The van der Waals surface area contributed by atoms with E-state index in [0.717, 1.165) is 25.1 Å². The summed E-state index contributed by atoms with van der Waals surface area (Å²) >= 11 is 0. The van der Waals surface area contributed by atoms with Gasteiger partial charge in [-0.3, -0.25) is 4.79 Å². The standard InChI is InChI=1S/C17H21FN2O2/c1-12-4-3-9-20(11-12)16(21)17(2)10-15(19-22-17)13-5-7-14(18)8-6-13/h5-8,12H,3-4,9-11H2,1-2H3/t12-,17-/m1/s1. The quantitative estimate of drug-likeness (QED) is 0.843. The molecule has 0 saturated carbocycles. The number of rotatable bonds is 2. The van der Waals surface area contributed by atoms with E-state index in [1.807, 2.05) is 4.90 Å². The molecule has 2 aliphatic heterocycles. The number of benzene rings is 1. The van der Waals surface area contributed by atoms with Crippen molar-refractivity contribution in [2.24, 2.45) is 11.1 Å². The van der Waals surface area contributed by atoms with Crippen LogP contribution in [0.4, 0.5) is 4.39 Å². The monoisotopic (exact) mass is 304 g/mol. The van der Waals surface area contributed by atoms with Crippen LogP contribution >= 0.6 is 0 Å². The van der Waals surface area contributed by atoms with Gasteiger partial charge in [0.15, 0.2) is 0 Å². The first kappa shape index (κ1) is 15.0. The summed E-state index contributed by atoms with van der Waals surface area (Å²) < 4.78 is 13.0. The van der Waals surface area contributed by atoms with Gasteiger partial charge in [0, 0.05) is 19.5 Å². The predicted octanol–water partition coefficient (Wildman–Crippen LogP) is 2.97. The number of nitrogens with zero attached hydrogens (tertiary/aromatic N) is 2. The van der Waals surface area contributed by atoms with Crippen molar-refractivity contribution in [1.82, 2.24) is 4.90 Å². The van der Waals surface area contributed by atoms with Gasteiger partial charge in [-0.1, -0.05) is 24.2 Å². The Bertz CT molecular complexity index is 599. The highest BCUT2D eigenvalue weighted by Gasteiger charge is 2.45. The maximum Gasteiger partial charge on any atom is 0.269 e. The topological polar surface area (TPSA) is 41.9 Å². The second-order valence-corrected chi connectivity index (χ2v) is 6.54. The third-order valence-corrected chi connectivity index (χ3v) is 4.44. The van der Waals surface area contributed by atoms with E-state index >= 15 is 0 Å². The fourth-order valence-corrected chi connectivity index (χ4v) is 3.16. The number of amides is 1. The number of hydrogen-bond acceptors (Lipinski definition) is 3. The Hall–Kier alpha value is -1.91. The van der Waals surface area contributed by atoms with Gasteiger partial charge in [0.2, 0.25) is 5.60 Å². The van der Waals surface area contributed by atoms with E-state index < -0.39 is 5.60 Å². The predicted molar refractivity (Wildman–Crippen MR) is 82.0 cm³/mol. The largest absolute Gasteiger partial charge is 0.379 e. The van der Waals surface area contributed by atoms with Gasteiger partial charge in [0.05, 0.1) is 5.71 Å². The molecule has 5 heteroatoms. The van der Waals surface area contributed by atoms with Crippen LogP contribution in [-0.2, 0) is 9.63 Å². The molecule has 1 aromatic rings. The molecule has 22 heavy (non-hydrogen) atoms. The molecule has 2 heterocycles. The van der Waals surface area contributed by atoms with Crippen LogP contribution in [0.2, 0.25) is 0 Å². The molecule has 1 amide bonds. The lowest BCUT2D eigenvalue weighted by Gasteiger charge is -2.35. The molecular weight excluding hydrogens is 283 g/mol. The summed E-state index contributed by atoms with van der Waals surface area (Å²) in [6.07, 6.45) is 2.62. The van der Waals surface area contributed by atoms with E-state index in [2.05, 4.69) is 12.1 Å². The van der Waals surface area contributed by atoms with E-state index in [0.29, 0.717) is 18.1 Å². The van der Waals surface area contributed by atoms with Crippen LogP contribution in [0.25, 0.3) is 0 Å². The molecule has 0 aromatic heterocycles. The Kier molecular flexibility index (Phi) is 3.89. The van der Waals surface area contributed by atoms with Gasteiger partial charge in [0.1, 0.15) is 5.82 Å². The van der Waals surface area contributed by atoms with Crippen molar-refractivity contribution in [3.8, 4) is 0 Å². The Morgan fingerprint density at radius 1 is 1.41 bits per heavy atom. The number of hydrogen-bond donors (Lipinski definition) is 0. The van der Waals surface area contributed by atoms with Gasteiger partial charge < -0.3 is 9.74 Å². The Labute approximate surface area is 129 Å². The molecule has 0 radical (unpaired) electrons. The van der Waals surface area contributed by atoms with Gasteiger partial charge in [-0.2, -0.15) is 0 Å². The summed E-state index contributed by atoms with van der Waals surface area (Å²) in [5.41, 5.74) is 0.548. The molecule has 1 saturated heterocycles. The van der Waals surface area contributed by atoms with Crippen LogP contribution in [0.5, 0.6) is 0 Å². The van der Waals surface area contributed by atoms with Crippen molar-refractivity contribution in [2.45, 2.75) is 38.7 Å². The van der Waals surface area contributed by atoms with E-state index in [9.17, 15) is 9.18 Å². The number of halogens is 1. The van der Waals surface area contributed by atoms with Crippen molar-refractivity contribution in [2.75, 3.05) is 13.1 Å². The summed E-state index contributed by atoms with van der Waals surface area (Å²) in [5, 5.41) is 4.07. The first-order valence-electron chi connectivity index (χ1n) is 7.78. The second kappa shape index (κ2) is 5.71. The lowest BCUT2D eigenvalue weighted by atomic mass is 9.92. The summed E-state index contributed by atoms with van der Waals surface area (Å²) in [6, 6.07) is 6.11. The van der Waals surface area contributed by atoms with Gasteiger partial charge in [-0.05, 0) is 43.4 Å². The number of carbonyl (C=O) groups excluding carboxylic acids is 1. The first-order chi connectivity index (χ1) is 10.5. The zero-order valence-corrected chi connectivity index (χ0v) is 13.0. The number of oxime groups is 1. The maximum atomic E-state index is 13.0. The fourth-order valence-electron chi connectivity index (χ4n) is 3.16. The van der Waals surface area contributed by atoms with Gasteiger partial charge in [-0.15, -0.1) is 0 Å². The maximum absolute atomic E-state index is 13.0. The molecule has 0 aliphatic carbocycles. The van der Waals surface area contributed by atoms with Crippen molar-refractivity contribution < 1.29 is 14.0 Å². The SMILES string of the molecule is C[C@@H]1CCCN(C(=O)[C@@]2(C)CC(c3ccc(F)cc3)=NO2)C1. The lowest BCUT2D eigenvalue weighted by molar-refractivity contribution is -0.155. The van der Waals surface area contributed by atoms with Crippen LogP contribution in [-0.4, -0.2) is 35.2 Å². The zero-order chi connectivity index (χ0) is 15.7. The number of piperidine rings is 1. The summed E-state index contributed by atoms with van der Waals surface area (Å²) in [4.78, 5) is 20.1. The van der Waals surface area contributed by atoms with E-state index in [-0.39, 0.29) is 11.7 Å². The molecule has 118 valence electrons. The Balaban J connectivity index is 1.71. The van der Waals surface area contributed by atoms with E-state index in [1.54, 1.807) is 19.1 Å². The molecule has 1 aromatic carbocycles. The van der Waals surface area contributed by atoms with Crippen molar-refractivity contribution in [1.29, 1.82) is 0 Å². The molecule has 0 spiro atoms. The van der Waals surface area contributed by atoms with E-state index in [1.165, 1.54) is 18.6 Å². The summed E-state index contributed by atoms with van der Waals surface area (Å²) in [7, 11) is 0. The van der Waals surface area contributed by atoms with Crippen molar-refractivity contribution in [3.63, 3.8) is 0 Å². The van der Waals surface area contributed by atoms with Gasteiger partial charge >= 0.3 is 0 Å². The van der Waals surface area contributed by atoms with Gasteiger partial charge in [-0.25, -0.2) is 4.39 Å². The highest BCUT2D eigenvalue weighted by atomic mass is 19.1. The van der Waals surface area contributed by atoms with Crippen LogP contribution in [0.3, 0.4) is 0 Å². The summed E-state index contributed by atoms with van der Waals surface area (Å²) in [5.74, 6) is 0.240. The third kappa shape index (κ3) is 2.85. The molecule has 1 fully saturated rings. The van der Waals surface area contributed by atoms with Gasteiger partial charge in [0.25, 0.3) is 5.91 Å². The molecular formula is C17H21FN2O2. The molecule has 2 atom stereocenters. The second-order valence-electron chi connectivity index (χ2n) is 6.54. The molecule has 0 bridgehead atoms. The minimum atomic E-state index is -0.944. The minimum Gasteiger partial charge on any atom is -0.379 e. The lowest BCUT2D eigenvalue weighted by Crippen LogP contribution is -2.50. The molecule has 2 aliphatic rings. The van der Waals surface area contributed by atoms with Crippen LogP contribution in [0, 0.1) is 11.7 Å². The van der Waals surface area contributed by atoms with Crippen LogP contribution in [0.1, 0.15) is 38.7 Å². The number of carbonyl (C=O) groups is 1. The number of likely N-dealkylation sites (tertiary alicyclic amines) is 1. The molecule has 0 N–H and O–H groups in total. The average molecular weight is 304 g/mol. The molecule has 0 unspecified atom stereocenters. The fraction of sp³-hybridized carbons (Fsp3) is 0.529. The Morgan fingerprint density at radius 2 is 2.14 bits per heavy atom. The third-order valence-electron chi connectivity index (χ3n) is 4.44. The average Bonchev–Trinajstić information content (AvgIpc) is 2.91. The summed E-state index contributed by atoms with van der Waals surface area (Å²) in [6.45, 7) is 5.52. The zero-order valence-electron chi connectivity index (χ0n) is 13.0. The minimum absolute atomic E-state index is 0.0000818. The van der Waals surface area contributed by atoms with Crippen molar-refractivity contribution >= 4 is 11.6 Å². The highest BCUT2D eigenvalue weighted by Crippen LogP contribution is 2.30. The van der Waals surface area contributed by atoms with Crippen molar-refractivity contribution in [3.05, 3.63) is 35.6 Å². The van der Waals surface area contributed by atoms with Crippen LogP contribution < -0.4 is 0 Å².